The summed E-state index contributed by atoms with van der Waals surface area (Å²) in [5.74, 6) is 1.66. The van der Waals surface area contributed by atoms with Crippen LogP contribution in [0.5, 0.6) is 0 Å². The number of likely N-dealkylation sites (tertiary alicyclic amines) is 3. The second kappa shape index (κ2) is 9.49. The lowest BCUT2D eigenvalue weighted by molar-refractivity contribution is -0.130. The first-order valence-electron chi connectivity index (χ1n) is 11.9. The van der Waals surface area contributed by atoms with E-state index in [1.807, 2.05) is 12.3 Å². The highest BCUT2D eigenvalue weighted by Gasteiger charge is 2.43. The predicted molar refractivity (Wildman–Crippen MR) is 122 cm³/mol. The number of aromatic nitrogens is 1. The molecule has 0 saturated carbocycles. The van der Waals surface area contributed by atoms with Gasteiger partial charge in [0.1, 0.15) is 0 Å². The standard InChI is InChI=1S/C26H34N4O/c31-26(9-8-21-7-4-12-27-15-21)30-19-23-17-29(18-24(23)20-30)25-10-13-28(14-11-25)16-22-5-2-1-3-6-22/h1-7,12,15,23-25H,8-11,13-14,16-20H2/t23-,24-/m1/s1. The first kappa shape index (κ1) is 20.7. The minimum atomic E-state index is 0.319. The van der Waals surface area contributed by atoms with Gasteiger partial charge in [-0.25, -0.2) is 0 Å². The van der Waals surface area contributed by atoms with Crippen LogP contribution in [0.15, 0.2) is 54.9 Å². The molecule has 0 bridgehead atoms. The summed E-state index contributed by atoms with van der Waals surface area (Å²) in [6.07, 6.45) is 7.61. The van der Waals surface area contributed by atoms with Crippen LogP contribution in [0.2, 0.25) is 0 Å². The number of fused-ring (bicyclic) bond motifs is 1. The molecule has 5 rings (SSSR count). The molecule has 3 aliphatic heterocycles. The zero-order valence-electron chi connectivity index (χ0n) is 18.4. The van der Waals surface area contributed by atoms with Crippen molar-refractivity contribution in [3.63, 3.8) is 0 Å². The molecule has 0 N–H and O–H groups in total. The molecule has 31 heavy (non-hydrogen) atoms. The van der Waals surface area contributed by atoms with Crippen molar-refractivity contribution >= 4 is 5.91 Å². The highest BCUT2D eigenvalue weighted by atomic mass is 16.2. The number of pyridine rings is 1. The third-order valence-electron chi connectivity index (χ3n) is 7.54. The van der Waals surface area contributed by atoms with Crippen molar-refractivity contribution < 1.29 is 4.79 Å². The number of rotatable bonds is 6. The summed E-state index contributed by atoms with van der Waals surface area (Å²) < 4.78 is 0. The normalized spacial score (nSPS) is 25.1. The van der Waals surface area contributed by atoms with Crippen LogP contribution in [0.3, 0.4) is 0 Å². The Kier molecular flexibility index (Phi) is 6.32. The number of hydrogen-bond acceptors (Lipinski definition) is 4. The maximum atomic E-state index is 12.7. The van der Waals surface area contributed by atoms with Crippen LogP contribution in [0.1, 0.15) is 30.4 Å². The molecule has 2 atom stereocenters. The lowest BCUT2D eigenvalue weighted by Crippen LogP contribution is -2.45. The van der Waals surface area contributed by atoms with Crippen molar-refractivity contribution in [1.82, 2.24) is 19.7 Å². The van der Waals surface area contributed by atoms with Crippen LogP contribution in [-0.4, -0.2) is 70.9 Å². The zero-order chi connectivity index (χ0) is 21.0. The van der Waals surface area contributed by atoms with Crippen molar-refractivity contribution in [2.24, 2.45) is 11.8 Å². The van der Waals surface area contributed by atoms with E-state index in [0.29, 0.717) is 24.2 Å². The molecule has 1 aromatic heterocycles. The molecule has 1 aromatic carbocycles. The zero-order valence-corrected chi connectivity index (χ0v) is 18.4. The minimum absolute atomic E-state index is 0.319. The molecule has 0 unspecified atom stereocenters. The van der Waals surface area contributed by atoms with E-state index in [-0.39, 0.29) is 0 Å². The molecule has 5 nitrogen and oxygen atoms in total. The summed E-state index contributed by atoms with van der Waals surface area (Å²) in [7, 11) is 0. The van der Waals surface area contributed by atoms with Crippen LogP contribution < -0.4 is 0 Å². The average Bonchev–Trinajstić information content (AvgIpc) is 3.39. The second-order valence-electron chi connectivity index (χ2n) is 9.63. The summed E-state index contributed by atoms with van der Waals surface area (Å²) in [5, 5.41) is 0. The number of nitrogens with zero attached hydrogens (tertiary/aromatic N) is 4. The number of hydrogen-bond donors (Lipinski definition) is 0. The summed E-state index contributed by atoms with van der Waals surface area (Å²) in [6, 6.07) is 15.6. The third-order valence-corrected chi connectivity index (χ3v) is 7.54. The van der Waals surface area contributed by atoms with E-state index in [2.05, 4.69) is 56.1 Å². The molecule has 0 aliphatic carbocycles. The molecule has 2 aromatic rings. The van der Waals surface area contributed by atoms with Gasteiger partial charge in [0.2, 0.25) is 5.91 Å². The number of amides is 1. The number of benzene rings is 1. The Morgan fingerprint density at radius 2 is 1.61 bits per heavy atom. The number of carbonyl (C=O) groups is 1. The molecule has 3 aliphatic rings. The van der Waals surface area contributed by atoms with E-state index in [9.17, 15) is 4.79 Å². The smallest absolute Gasteiger partial charge is 0.222 e. The molecule has 1 amide bonds. The van der Waals surface area contributed by atoms with E-state index < -0.39 is 0 Å². The Morgan fingerprint density at radius 3 is 2.29 bits per heavy atom. The van der Waals surface area contributed by atoms with Crippen LogP contribution in [0.4, 0.5) is 0 Å². The highest BCUT2D eigenvalue weighted by Crippen LogP contribution is 2.34. The Hall–Kier alpha value is -2.24. The Labute approximate surface area is 186 Å². The summed E-state index contributed by atoms with van der Waals surface area (Å²) in [5.41, 5.74) is 2.57. The number of aryl methyl sites for hydroxylation is 1. The molecule has 3 fully saturated rings. The molecule has 5 heteroatoms. The Morgan fingerprint density at radius 1 is 0.903 bits per heavy atom. The fraction of sp³-hybridized carbons (Fsp3) is 0.538. The van der Waals surface area contributed by atoms with E-state index >= 15 is 0 Å². The monoisotopic (exact) mass is 418 g/mol. The van der Waals surface area contributed by atoms with Gasteiger partial charge in [-0.05, 0) is 61.4 Å². The number of piperidine rings is 1. The van der Waals surface area contributed by atoms with Gasteiger partial charge in [-0.1, -0.05) is 36.4 Å². The van der Waals surface area contributed by atoms with Crippen molar-refractivity contribution in [3.05, 3.63) is 66.0 Å². The fourth-order valence-corrected chi connectivity index (χ4v) is 5.77. The summed E-state index contributed by atoms with van der Waals surface area (Å²) in [6.45, 7) is 7.75. The third kappa shape index (κ3) is 4.99. The van der Waals surface area contributed by atoms with Gasteiger partial charge in [-0.15, -0.1) is 0 Å². The predicted octanol–water partition coefficient (Wildman–Crippen LogP) is 3.07. The largest absolute Gasteiger partial charge is 0.342 e. The van der Waals surface area contributed by atoms with E-state index in [0.717, 1.165) is 37.7 Å². The maximum Gasteiger partial charge on any atom is 0.222 e. The quantitative estimate of drug-likeness (QED) is 0.723. The van der Waals surface area contributed by atoms with Gasteiger partial charge >= 0.3 is 0 Å². The molecular weight excluding hydrogens is 384 g/mol. The van der Waals surface area contributed by atoms with Crippen LogP contribution >= 0.6 is 0 Å². The van der Waals surface area contributed by atoms with Gasteiger partial charge in [-0.2, -0.15) is 0 Å². The SMILES string of the molecule is O=C(CCc1cccnc1)N1C[C@H]2CN(C3CCN(Cc4ccccc4)CC3)C[C@@H]2C1. The van der Waals surface area contributed by atoms with Gasteiger partial charge in [-0.3, -0.25) is 19.6 Å². The van der Waals surface area contributed by atoms with E-state index in [1.54, 1.807) is 6.20 Å². The summed E-state index contributed by atoms with van der Waals surface area (Å²) in [4.78, 5) is 24.3. The minimum Gasteiger partial charge on any atom is -0.342 e. The van der Waals surface area contributed by atoms with Gasteiger partial charge in [0.25, 0.3) is 0 Å². The average molecular weight is 419 g/mol. The van der Waals surface area contributed by atoms with E-state index in [4.69, 9.17) is 0 Å². The first-order chi connectivity index (χ1) is 15.2. The van der Waals surface area contributed by atoms with Gasteiger partial charge < -0.3 is 4.90 Å². The van der Waals surface area contributed by atoms with Gasteiger partial charge in [0.05, 0.1) is 0 Å². The van der Waals surface area contributed by atoms with Crippen molar-refractivity contribution in [1.29, 1.82) is 0 Å². The maximum absolute atomic E-state index is 12.7. The number of carbonyl (C=O) groups excluding carboxylic acids is 1. The lowest BCUT2D eigenvalue weighted by atomic mass is 10.0. The molecule has 0 spiro atoms. The molecule has 3 saturated heterocycles. The summed E-state index contributed by atoms with van der Waals surface area (Å²) >= 11 is 0. The topological polar surface area (TPSA) is 39.7 Å². The van der Waals surface area contributed by atoms with Crippen molar-refractivity contribution in [2.45, 2.75) is 38.3 Å². The van der Waals surface area contributed by atoms with Crippen molar-refractivity contribution in [3.8, 4) is 0 Å². The Balaban J connectivity index is 1.05. The second-order valence-corrected chi connectivity index (χ2v) is 9.63. The molecule has 4 heterocycles. The lowest BCUT2D eigenvalue weighted by Gasteiger charge is -2.37. The molecule has 0 radical (unpaired) electrons. The van der Waals surface area contributed by atoms with Gasteiger partial charge in [0.15, 0.2) is 0 Å². The molecular formula is C26H34N4O. The Bertz CT molecular complexity index is 836. The first-order valence-corrected chi connectivity index (χ1v) is 11.9. The van der Waals surface area contributed by atoms with Gasteiger partial charge in [0, 0.05) is 57.6 Å². The van der Waals surface area contributed by atoms with Crippen LogP contribution in [0.25, 0.3) is 0 Å². The van der Waals surface area contributed by atoms with Crippen LogP contribution in [-0.2, 0) is 17.8 Å². The highest BCUT2D eigenvalue weighted by molar-refractivity contribution is 5.76. The van der Waals surface area contributed by atoms with Crippen LogP contribution in [0, 0.1) is 11.8 Å². The van der Waals surface area contributed by atoms with E-state index in [1.165, 1.54) is 44.6 Å². The molecule has 164 valence electrons. The fourth-order valence-electron chi connectivity index (χ4n) is 5.77. The van der Waals surface area contributed by atoms with Crippen molar-refractivity contribution in [2.75, 3.05) is 39.3 Å².